The van der Waals surface area contributed by atoms with Crippen molar-refractivity contribution in [3.8, 4) is 0 Å². The van der Waals surface area contributed by atoms with Gasteiger partial charge in [0, 0.05) is 6.08 Å². The molecule has 2 nitrogen and oxygen atoms in total. The lowest BCUT2D eigenvalue weighted by molar-refractivity contribution is -0.139. The van der Waals surface area contributed by atoms with Gasteiger partial charge in [-0.25, -0.2) is 4.79 Å². The minimum atomic E-state index is -0.210. The summed E-state index contributed by atoms with van der Waals surface area (Å²) in [6.07, 6.45) is 27.8. The highest BCUT2D eigenvalue weighted by Gasteiger charge is 2.36. The summed E-state index contributed by atoms with van der Waals surface area (Å²) in [7, 11) is 0. The number of carbonyl (C=O) groups is 1. The van der Waals surface area contributed by atoms with Crippen LogP contribution in [0.1, 0.15) is 94.6 Å². The average Bonchev–Trinajstić information content (AvgIpc) is 3.52. The van der Waals surface area contributed by atoms with Crippen LogP contribution in [0, 0.1) is 35.5 Å². The van der Waals surface area contributed by atoms with Crippen LogP contribution in [0.3, 0.4) is 0 Å². The molecule has 4 aliphatic rings. The van der Waals surface area contributed by atoms with Crippen molar-refractivity contribution in [3.63, 3.8) is 0 Å². The molecule has 2 heteroatoms. The second-order valence-corrected chi connectivity index (χ2v) is 11.7. The summed E-state index contributed by atoms with van der Waals surface area (Å²) in [5, 5.41) is 0. The zero-order chi connectivity index (χ0) is 23.2. The molecule has 1 aromatic carbocycles. The van der Waals surface area contributed by atoms with Gasteiger partial charge >= 0.3 is 5.97 Å². The van der Waals surface area contributed by atoms with Gasteiger partial charge < -0.3 is 4.74 Å². The molecule has 0 amide bonds. The molecule has 0 heterocycles. The van der Waals surface area contributed by atoms with Crippen LogP contribution in [-0.4, -0.2) is 12.6 Å². The number of aryl methyl sites for hydroxylation is 1. The van der Waals surface area contributed by atoms with Crippen molar-refractivity contribution in [2.75, 3.05) is 6.61 Å². The van der Waals surface area contributed by atoms with E-state index in [1.165, 1.54) is 95.5 Å². The third-order valence-corrected chi connectivity index (χ3v) is 9.52. The first kappa shape index (κ1) is 23.9. The standard InChI is InChI=1S/C32H44O2/c33-32(34-23-30-22-26-15-18-29(30)21-26)20-17-25-13-11-24(12-14-25)16-19-31(27-7-3-1-4-8-27)28-9-5-2-6-10-28/h11-15,17-18,20,26-31H,1-10,16,19,21-23H2. The largest absolute Gasteiger partial charge is 0.462 e. The summed E-state index contributed by atoms with van der Waals surface area (Å²) in [5.41, 5.74) is 2.53. The van der Waals surface area contributed by atoms with Crippen molar-refractivity contribution in [2.24, 2.45) is 35.5 Å². The fourth-order valence-electron chi connectivity index (χ4n) is 7.60. The molecule has 1 aromatic rings. The van der Waals surface area contributed by atoms with E-state index in [4.69, 9.17) is 4.74 Å². The lowest BCUT2D eigenvalue weighted by Crippen LogP contribution is -2.27. The SMILES string of the molecule is O=C(C=Cc1ccc(CCC(C2CCCCC2)C2CCCCC2)cc1)OCC1CC2C=CC1C2. The van der Waals surface area contributed by atoms with Gasteiger partial charge in [-0.3, -0.25) is 0 Å². The summed E-state index contributed by atoms with van der Waals surface area (Å²) < 4.78 is 5.54. The highest BCUT2D eigenvalue weighted by Crippen LogP contribution is 2.44. The number of fused-ring (bicyclic) bond motifs is 2. The highest BCUT2D eigenvalue weighted by molar-refractivity contribution is 5.87. The third-order valence-electron chi connectivity index (χ3n) is 9.52. The minimum Gasteiger partial charge on any atom is -0.462 e. The molecule has 3 atom stereocenters. The Kier molecular flexibility index (Phi) is 8.25. The lowest BCUT2D eigenvalue weighted by Gasteiger charge is -2.38. The van der Waals surface area contributed by atoms with Crippen molar-refractivity contribution in [1.82, 2.24) is 0 Å². The summed E-state index contributed by atoms with van der Waals surface area (Å²) in [4.78, 5) is 12.2. The first-order chi connectivity index (χ1) is 16.7. The summed E-state index contributed by atoms with van der Waals surface area (Å²) >= 11 is 0. The molecule has 0 aliphatic heterocycles. The third kappa shape index (κ3) is 6.23. The van der Waals surface area contributed by atoms with E-state index in [1.54, 1.807) is 6.08 Å². The molecular formula is C32H44O2. The Hall–Kier alpha value is -1.83. The molecule has 0 radical (unpaired) electrons. The van der Waals surface area contributed by atoms with Gasteiger partial charge in [0.05, 0.1) is 6.61 Å². The average molecular weight is 461 g/mol. The number of rotatable bonds is 9. The second kappa shape index (κ2) is 11.7. The van der Waals surface area contributed by atoms with Crippen molar-refractivity contribution >= 4 is 12.0 Å². The molecule has 4 aliphatic carbocycles. The van der Waals surface area contributed by atoms with E-state index in [0.29, 0.717) is 18.4 Å². The maximum absolute atomic E-state index is 12.2. The highest BCUT2D eigenvalue weighted by atomic mass is 16.5. The number of esters is 1. The van der Waals surface area contributed by atoms with Crippen LogP contribution in [-0.2, 0) is 16.0 Å². The van der Waals surface area contributed by atoms with Crippen LogP contribution in [0.25, 0.3) is 6.08 Å². The Morgan fingerprint density at radius 1 is 0.882 bits per heavy atom. The molecule has 3 saturated carbocycles. The minimum absolute atomic E-state index is 0.210. The van der Waals surface area contributed by atoms with Gasteiger partial charge in [-0.1, -0.05) is 101 Å². The molecule has 0 spiro atoms. The molecule has 2 bridgehead atoms. The monoisotopic (exact) mass is 460 g/mol. The molecule has 3 unspecified atom stereocenters. The fraction of sp³-hybridized carbons (Fsp3) is 0.656. The fourth-order valence-corrected chi connectivity index (χ4v) is 7.60. The molecule has 5 rings (SSSR count). The number of benzene rings is 1. The van der Waals surface area contributed by atoms with Crippen molar-refractivity contribution in [2.45, 2.75) is 89.9 Å². The zero-order valence-electron chi connectivity index (χ0n) is 21.0. The van der Waals surface area contributed by atoms with Gasteiger partial charge in [0.1, 0.15) is 0 Å². The number of allylic oxidation sites excluding steroid dienone is 2. The summed E-state index contributed by atoms with van der Waals surface area (Å²) in [6.45, 7) is 0.566. The van der Waals surface area contributed by atoms with E-state index in [2.05, 4.69) is 36.4 Å². The van der Waals surface area contributed by atoms with E-state index in [1.807, 2.05) is 6.08 Å². The first-order valence-corrected chi connectivity index (χ1v) is 14.4. The zero-order valence-corrected chi connectivity index (χ0v) is 21.0. The van der Waals surface area contributed by atoms with Crippen LogP contribution in [0.15, 0.2) is 42.5 Å². The van der Waals surface area contributed by atoms with E-state index >= 15 is 0 Å². The van der Waals surface area contributed by atoms with Gasteiger partial charge in [-0.05, 0) is 78.4 Å². The summed E-state index contributed by atoms with van der Waals surface area (Å²) in [6, 6.07) is 8.86. The Bertz CT molecular complexity index is 820. The molecule has 3 fully saturated rings. The number of carbonyl (C=O) groups excluding carboxylic acids is 1. The van der Waals surface area contributed by atoms with E-state index in [0.717, 1.165) is 29.2 Å². The number of hydrogen-bond donors (Lipinski definition) is 0. The molecule has 0 aromatic heterocycles. The van der Waals surface area contributed by atoms with E-state index < -0.39 is 0 Å². The summed E-state index contributed by atoms with van der Waals surface area (Å²) in [5.74, 6) is 4.55. The van der Waals surface area contributed by atoms with Gasteiger partial charge in [0.2, 0.25) is 0 Å². The van der Waals surface area contributed by atoms with E-state index in [9.17, 15) is 4.79 Å². The van der Waals surface area contributed by atoms with Gasteiger partial charge in [0.25, 0.3) is 0 Å². The molecule has 184 valence electrons. The van der Waals surface area contributed by atoms with Crippen LogP contribution in [0.5, 0.6) is 0 Å². The molecular weight excluding hydrogens is 416 g/mol. The predicted octanol–water partition coefficient (Wildman–Crippen LogP) is 8.16. The maximum Gasteiger partial charge on any atom is 0.330 e. The van der Waals surface area contributed by atoms with Crippen molar-refractivity contribution in [1.29, 1.82) is 0 Å². The van der Waals surface area contributed by atoms with E-state index in [-0.39, 0.29) is 5.97 Å². The van der Waals surface area contributed by atoms with Gasteiger partial charge in [0.15, 0.2) is 0 Å². The quantitative estimate of drug-likeness (QED) is 0.211. The predicted molar refractivity (Wildman–Crippen MR) is 140 cm³/mol. The van der Waals surface area contributed by atoms with Crippen LogP contribution < -0.4 is 0 Å². The second-order valence-electron chi connectivity index (χ2n) is 11.7. The Morgan fingerprint density at radius 2 is 1.56 bits per heavy atom. The number of hydrogen-bond acceptors (Lipinski definition) is 2. The van der Waals surface area contributed by atoms with Crippen LogP contribution in [0.4, 0.5) is 0 Å². The topological polar surface area (TPSA) is 26.3 Å². The van der Waals surface area contributed by atoms with Crippen LogP contribution in [0.2, 0.25) is 0 Å². The smallest absolute Gasteiger partial charge is 0.330 e. The Morgan fingerprint density at radius 3 is 2.15 bits per heavy atom. The number of ether oxygens (including phenoxy) is 1. The first-order valence-electron chi connectivity index (χ1n) is 14.4. The normalized spacial score (nSPS) is 27.7. The van der Waals surface area contributed by atoms with Crippen LogP contribution >= 0.6 is 0 Å². The van der Waals surface area contributed by atoms with Gasteiger partial charge in [-0.2, -0.15) is 0 Å². The molecule has 34 heavy (non-hydrogen) atoms. The molecule has 0 saturated heterocycles. The van der Waals surface area contributed by atoms with Crippen molar-refractivity contribution < 1.29 is 9.53 Å². The Labute approximate surface area is 207 Å². The lowest BCUT2D eigenvalue weighted by atomic mass is 9.68. The van der Waals surface area contributed by atoms with Gasteiger partial charge in [-0.15, -0.1) is 0 Å². The maximum atomic E-state index is 12.2. The van der Waals surface area contributed by atoms with Crippen molar-refractivity contribution in [3.05, 3.63) is 53.6 Å². The molecule has 0 N–H and O–H groups in total. The Balaban J connectivity index is 1.09.